The predicted molar refractivity (Wildman–Crippen MR) is 81.6 cm³/mol. The molecule has 1 spiro atoms. The van der Waals surface area contributed by atoms with Gasteiger partial charge in [0, 0.05) is 5.56 Å². The molecule has 0 unspecified atom stereocenters. The Morgan fingerprint density at radius 2 is 1.77 bits per heavy atom. The molecule has 1 aromatic rings. The van der Waals surface area contributed by atoms with Gasteiger partial charge in [-0.15, -0.1) is 0 Å². The third kappa shape index (κ3) is 2.51. The van der Waals surface area contributed by atoms with Crippen LogP contribution in [0.4, 0.5) is 4.79 Å². The summed E-state index contributed by atoms with van der Waals surface area (Å²) >= 11 is 0. The SMILES string of the molecule is Cc1ccc(C(=O)CN2C(=O)NC3(CCCCC3)C2=O)cc1. The van der Waals surface area contributed by atoms with Crippen molar-refractivity contribution >= 4 is 17.7 Å². The van der Waals surface area contributed by atoms with Gasteiger partial charge < -0.3 is 5.32 Å². The molecule has 0 aromatic heterocycles. The second-order valence-corrected chi connectivity index (χ2v) is 6.25. The van der Waals surface area contributed by atoms with Gasteiger partial charge in [0.25, 0.3) is 5.91 Å². The first-order valence-corrected chi connectivity index (χ1v) is 7.76. The number of nitrogens with zero attached hydrogens (tertiary/aromatic N) is 1. The van der Waals surface area contributed by atoms with E-state index < -0.39 is 11.6 Å². The fourth-order valence-electron chi connectivity index (χ4n) is 3.29. The lowest BCUT2D eigenvalue weighted by Gasteiger charge is -2.30. The number of imide groups is 1. The number of benzene rings is 1. The van der Waals surface area contributed by atoms with Crippen molar-refractivity contribution in [2.45, 2.75) is 44.6 Å². The Bertz CT molecular complexity index is 615. The van der Waals surface area contributed by atoms with Crippen molar-refractivity contribution in [3.05, 3.63) is 35.4 Å². The number of rotatable bonds is 3. The Kier molecular flexibility index (Phi) is 3.72. The first kappa shape index (κ1) is 14.8. The van der Waals surface area contributed by atoms with E-state index in [4.69, 9.17) is 0 Å². The van der Waals surface area contributed by atoms with Gasteiger partial charge in [-0.25, -0.2) is 4.79 Å². The fraction of sp³-hybridized carbons (Fsp3) is 0.471. The molecule has 0 atom stereocenters. The number of Topliss-reactive ketones (excluding diaryl/α,β-unsaturated/α-hetero) is 1. The van der Waals surface area contributed by atoms with Crippen LogP contribution in [0.3, 0.4) is 0 Å². The van der Waals surface area contributed by atoms with Gasteiger partial charge in [0.1, 0.15) is 5.54 Å². The standard InChI is InChI=1S/C17H20N2O3/c1-12-5-7-13(8-6-12)14(20)11-19-15(21)17(18-16(19)22)9-3-2-4-10-17/h5-8H,2-4,9-11H2,1H3,(H,18,22). The van der Waals surface area contributed by atoms with Crippen LogP contribution in [0.25, 0.3) is 0 Å². The zero-order valence-corrected chi connectivity index (χ0v) is 12.7. The Morgan fingerprint density at radius 3 is 2.41 bits per heavy atom. The summed E-state index contributed by atoms with van der Waals surface area (Å²) in [4.78, 5) is 38.1. The highest BCUT2D eigenvalue weighted by Gasteiger charge is 2.51. The lowest BCUT2D eigenvalue weighted by atomic mass is 9.82. The van der Waals surface area contributed by atoms with Gasteiger partial charge in [0.15, 0.2) is 5.78 Å². The first-order valence-electron chi connectivity index (χ1n) is 7.76. The lowest BCUT2D eigenvalue weighted by molar-refractivity contribution is -0.132. The van der Waals surface area contributed by atoms with Gasteiger partial charge in [-0.3, -0.25) is 14.5 Å². The quantitative estimate of drug-likeness (QED) is 0.688. The highest BCUT2D eigenvalue weighted by atomic mass is 16.2. The fourth-order valence-corrected chi connectivity index (χ4v) is 3.29. The van der Waals surface area contributed by atoms with Crippen molar-refractivity contribution < 1.29 is 14.4 Å². The molecule has 2 aliphatic rings. The molecule has 3 rings (SSSR count). The summed E-state index contributed by atoms with van der Waals surface area (Å²) in [6, 6.07) is 6.72. The topological polar surface area (TPSA) is 66.5 Å². The maximum atomic E-state index is 12.6. The molecule has 5 heteroatoms. The molecule has 1 aliphatic carbocycles. The number of carbonyl (C=O) groups excluding carboxylic acids is 3. The second-order valence-electron chi connectivity index (χ2n) is 6.25. The van der Waals surface area contributed by atoms with E-state index in [1.807, 2.05) is 19.1 Å². The van der Waals surface area contributed by atoms with Gasteiger partial charge in [0.05, 0.1) is 6.54 Å². The van der Waals surface area contributed by atoms with Crippen LogP contribution in [0.15, 0.2) is 24.3 Å². The molecule has 22 heavy (non-hydrogen) atoms. The van der Waals surface area contributed by atoms with E-state index in [1.165, 1.54) is 0 Å². The van der Waals surface area contributed by atoms with E-state index in [2.05, 4.69) is 5.32 Å². The predicted octanol–water partition coefficient (Wildman–Crippen LogP) is 2.43. The monoisotopic (exact) mass is 300 g/mol. The van der Waals surface area contributed by atoms with Gasteiger partial charge >= 0.3 is 6.03 Å². The molecule has 1 aliphatic heterocycles. The van der Waals surface area contributed by atoms with Crippen molar-refractivity contribution in [2.24, 2.45) is 0 Å². The normalized spacial score (nSPS) is 20.3. The maximum absolute atomic E-state index is 12.6. The van der Waals surface area contributed by atoms with Gasteiger partial charge in [-0.1, -0.05) is 49.1 Å². The van der Waals surface area contributed by atoms with Crippen LogP contribution < -0.4 is 5.32 Å². The van der Waals surface area contributed by atoms with Crippen molar-refractivity contribution in [2.75, 3.05) is 6.54 Å². The van der Waals surface area contributed by atoms with E-state index in [0.29, 0.717) is 18.4 Å². The zero-order valence-electron chi connectivity index (χ0n) is 12.7. The minimum atomic E-state index is -0.761. The number of urea groups is 1. The average Bonchev–Trinajstić information content (AvgIpc) is 2.73. The van der Waals surface area contributed by atoms with Crippen LogP contribution in [0, 0.1) is 6.92 Å². The van der Waals surface area contributed by atoms with E-state index >= 15 is 0 Å². The molecular formula is C17H20N2O3. The lowest BCUT2D eigenvalue weighted by Crippen LogP contribution is -2.48. The van der Waals surface area contributed by atoms with Gasteiger partial charge in [-0.2, -0.15) is 0 Å². The third-order valence-electron chi connectivity index (χ3n) is 4.63. The molecule has 1 heterocycles. The molecule has 2 fully saturated rings. The minimum Gasteiger partial charge on any atom is -0.323 e. The zero-order chi connectivity index (χ0) is 15.7. The highest BCUT2D eigenvalue weighted by molar-refractivity contribution is 6.11. The number of ketones is 1. The van der Waals surface area contributed by atoms with E-state index in [0.717, 1.165) is 29.7 Å². The average molecular weight is 300 g/mol. The van der Waals surface area contributed by atoms with Crippen LogP contribution in [0.2, 0.25) is 0 Å². The van der Waals surface area contributed by atoms with Crippen molar-refractivity contribution in [3.63, 3.8) is 0 Å². The van der Waals surface area contributed by atoms with Crippen molar-refractivity contribution in [1.82, 2.24) is 10.2 Å². The van der Waals surface area contributed by atoms with Crippen molar-refractivity contribution in [3.8, 4) is 0 Å². The number of nitrogens with one attached hydrogen (secondary N) is 1. The molecule has 1 N–H and O–H groups in total. The summed E-state index contributed by atoms with van der Waals surface area (Å²) < 4.78 is 0. The van der Waals surface area contributed by atoms with Crippen molar-refractivity contribution in [1.29, 1.82) is 0 Å². The molecule has 0 radical (unpaired) electrons. The second kappa shape index (κ2) is 5.55. The smallest absolute Gasteiger partial charge is 0.323 e. The molecule has 1 saturated heterocycles. The number of hydrogen-bond acceptors (Lipinski definition) is 3. The Balaban J connectivity index is 1.74. The van der Waals surface area contributed by atoms with Crippen LogP contribution >= 0.6 is 0 Å². The van der Waals surface area contributed by atoms with Crippen LogP contribution in [-0.4, -0.2) is 34.7 Å². The van der Waals surface area contributed by atoms with Gasteiger partial charge in [0.2, 0.25) is 0 Å². The Hall–Kier alpha value is -2.17. The largest absolute Gasteiger partial charge is 0.325 e. The Morgan fingerprint density at radius 1 is 1.14 bits per heavy atom. The summed E-state index contributed by atoms with van der Waals surface area (Å²) in [7, 11) is 0. The summed E-state index contributed by atoms with van der Waals surface area (Å²) in [5.74, 6) is -0.450. The summed E-state index contributed by atoms with van der Waals surface area (Å²) in [5.41, 5.74) is 0.826. The molecule has 3 amide bonds. The summed E-state index contributed by atoms with van der Waals surface area (Å²) in [6.45, 7) is 1.76. The van der Waals surface area contributed by atoms with Crippen LogP contribution in [0.1, 0.15) is 48.0 Å². The summed E-state index contributed by atoms with van der Waals surface area (Å²) in [6.07, 6.45) is 4.31. The van der Waals surface area contributed by atoms with E-state index in [-0.39, 0.29) is 18.2 Å². The van der Waals surface area contributed by atoms with E-state index in [9.17, 15) is 14.4 Å². The number of amides is 3. The number of hydrogen-bond donors (Lipinski definition) is 1. The van der Waals surface area contributed by atoms with Gasteiger partial charge in [-0.05, 0) is 19.8 Å². The number of aryl methyl sites for hydroxylation is 1. The first-order chi connectivity index (χ1) is 10.5. The summed E-state index contributed by atoms with van der Waals surface area (Å²) in [5, 5.41) is 2.82. The van der Waals surface area contributed by atoms with E-state index in [1.54, 1.807) is 12.1 Å². The molecule has 1 aromatic carbocycles. The number of carbonyl (C=O) groups is 3. The van der Waals surface area contributed by atoms with Crippen LogP contribution in [0.5, 0.6) is 0 Å². The molecular weight excluding hydrogens is 280 g/mol. The maximum Gasteiger partial charge on any atom is 0.325 e. The molecule has 0 bridgehead atoms. The molecule has 5 nitrogen and oxygen atoms in total. The Labute approximate surface area is 129 Å². The van der Waals surface area contributed by atoms with Crippen LogP contribution in [-0.2, 0) is 4.79 Å². The molecule has 1 saturated carbocycles. The highest BCUT2D eigenvalue weighted by Crippen LogP contribution is 2.33. The third-order valence-corrected chi connectivity index (χ3v) is 4.63. The minimum absolute atomic E-state index is 0.185. The molecule has 116 valence electrons.